The molecular formula is C16H26N2O3S. The van der Waals surface area contributed by atoms with Crippen molar-refractivity contribution in [3.05, 3.63) is 15.8 Å². The first-order chi connectivity index (χ1) is 10.3. The number of carbonyl (C=O) groups is 2. The highest BCUT2D eigenvalue weighted by Crippen LogP contribution is 2.28. The number of anilines is 1. The van der Waals surface area contributed by atoms with Crippen LogP contribution in [-0.4, -0.2) is 30.6 Å². The highest BCUT2D eigenvalue weighted by Gasteiger charge is 2.19. The fourth-order valence-corrected chi connectivity index (χ4v) is 2.77. The molecule has 0 fully saturated rings. The van der Waals surface area contributed by atoms with Crippen molar-refractivity contribution >= 4 is 28.9 Å². The molecule has 0 spiro atoms. The molecule has 0 aromatic carbocycles. The Bertz CT molecular complexity index is 518. The molecule has 6 heteroatoms. The van der Waals surface area contributed by atoms with Gasteiger partial charge in [0.15, 0.2) is 0 Å². The lowest BCUT2D eigenvalue weighted by molar-refractivity contribution is -0.116. The zero-order valence-electron chi connectivity index (χ0n) is 14.0. The Labute approximate surface area is 136 Å². The molecule has 0 aliphatic rings. The highest BCUT2D eigenvalue weighted by atomic mass is 32.1. The molecule has 0 atom stereocenters. The quantitative estimate of drug-likeness (QED) is 0.755. The Kier molecular flexibility index (Phi) is 7.03. The summed E-state index contributed by atoms with van der Waals surface area (Å²) in [5.41, 5.74) is 0.537. The van der Waals surface area contributed by atoms with Gasteiger partial charge in [-0.15, -0.1) is 11.3 Å². The fraction of sp³-hybridized carbons (Fsp3) is 0.625. The number of thiophene rings is 1. The molecule has 0 saturated carbocycles. The highest BCUT2D eigenvalue weighted by molar-refractivity contribution is 7.14. The molecule has 0 radical (unpaired) electrons. The SMILES string of the molecule is CCOC(=O)c1sc(CC)cc1NC(=O)CCNC(C)(C)C. The summed E-state index contributed by atoms with van der Waals surface area (Å²) in [5, 5.41) is 6.08. The van der Waals surface area contributed by atoms with E-state index in [2.05, 4.69) is 31.4 Å². The van der Waals surface area contributed by atoms with Gasteiger partial charge in [0.25, 0.3) is 0 Å². The second-order valence-corrected chi connectivity index (χ2v) is 7.14. The number of aryl methyl sites for hydroxylation is 1. The summed E-state index contributed by atoms with van der Waals surface area (Å²) in [5.74, 6) is -0.488. The van der Waals surface area contributed by atoms with Crippen LogP contribution >= 0.6 is 11.3 Å². The van der Waals surface area contributed by atoms with Crippen LogP contribution in [0.15, 0.2) is 6.07 Å². The Morgan fingerprint density at radius 3 is 2.50 bits per heavy atom. The van der Waals surface area contributed by atoms with Crippen LogP contribution in [0.1, 0.15) is 55.6 Å². The minimum Gasteiger partial charge on any atom is -0.462 e. The lowest BCUT2D eigenvalue weighted by Crippen LogP contribution is -2.37. The van der Waals surface area contributed by atoms with Gasteiger partial charge in [-0.1, -0.05) is 6.92 Å². The average Bonchev–Trinajstić information content (AvgIpc) is 2.80. The first kappa shape index (κ1) is 18.6. The molecule has 1 rings (SSSR count). The number of carbonyl (C=O) groups excluding carboxylic acids is 2. The second-order valence-electron chi connectivity index (χ2n) is 6.00. The van der Waals surface area contributed by atoms with Crippen molar-refractivity contribution in [3.8, 4) is 0 Å². The van der Waals surface area contributed by atoms with E-state index in [1.807, 2.05) is 13.0 Å². The molecule has 1 aromatic rings. The van der Waals surface area contributed by atoms with Gasteiger partial charge >= 0.3 is 5.97 Å². The van der Waals surface area contributed by atoms with Gasteiger partial charge in [-0.2, -0.15) is 0 Å². The standard InChI is InChI=1S/C16H26N2O3S/c1-6-11-10-12(14(22-11)15(20)21-7-2)18-13(19)8-9-17-16(3,4)5/h10,17H,6-9H2,1-5H3,(H,18,19). The molecule has 1 aromatic heterocycles. The van der Waals surface area contributed by atoms with Crippen molar-refractivity contribution in [2.75, 3.05) is 18.5 Å². The third-order valence-electron chi connectivity index (χ3n) is 2.87. The monoisotopic (exact) mass is 326 g/mol. The number of nitrogens with one attached hydrogen (secondary N) is 2. The van der Waals surface area contributed by atoms with Crippen LogP contribution in [0.2, 0.25) is 0 Å². The Hall–Kier alpha value is -1.40. The smallest absolute Gasteiger partial charge is 0.350 e. The third-order valence-corrected chi connectivity index (χ3v) is 4.13. The minimum atomic E-state index is -0.379. The number of hydrogen-bond acceptors (Lipinski definition) is 5. The maximum absolute atomic E-state index is 12.0. The molecule has 0 bridgehead atoms. The molecule has 1 amide bonds. The number of esters is 1. The summed E-state index contributed by atoms with van der Waals surface area (Å²) in [6.07, 6.45) is 1.18. The number of ether oxygens (including phenoxy) is 1. The largest absolute Gasteiger partial charge is 0.462 e. The first-order valence-electron chi connectivity index (χ1n) is 7.61. The summed E-state index contributed by atoms with van der Waals surface area (Å²) in [4.78, 5) is 25.5. The van der Waals surface area contributed by atoms with Gasteiger partial charge in [0.2, 0.25) is 5.91 Å². The van der Waals surface area contributed by atoms with E-state index in [0.29, 0.717) is 30.1 Å². The average molecular weight is 326 g/mol. The molecule has 0 aliphatic heterocycles. The van der Waals surface area contributed by atoms with Crippen molar-refractivity contribution in [3.63, 3.8) is 0 Å². The number of hydrogen-bond donors (Lipinski definition) is 2. The Morgan fingerprint density at radius 1 is 1.27 bits per heavy atom. The van der Waals surface area contributed by atoms with E-state index >= 15 is 0 Å². The third kappa shape index (κ3) is 6.15. The van der Waals surface area contributed by atoms with Crippen LogP contribution in [0.3, 0.4) is 0 Å². The van der Waals surface area contributed by atoms with Gasteiger partial charge < -0.3 is 15.4 Å². The lowest BCUT2D eigenvalue weighted by atomic mass is 10.1. The fourth-order valence-electron chi connectivity index (χ4n) is 1.82. The van der Waals surface area contributed by atoms with Crippen molar-refractivity contribution in [1.82, 2.24) is 5.32 Å². The number of rotatable bonds is 7. The molecule has 0 aliphatic carbocycles. The Balaban J connectivity index is 2.69. The van der Waals surface area contributed by atoms with Crippen LogP contribution in [0.4, 0.5) is 5.69 Å². The van der Waals surface area contributed by atoms with Crippen molar-refractivity contribution in [1.29, 1.82) is 0 Å². The van der Waals surface area contributed by atoms with Crippen molar-refractivity contribution < 1.29 is 14.3 Å². The zero-order valence-corrected chi connectivity index (χ0v) is 14.9. The maximum atomic E-state index is 12.0. The Morgan fingerprint density at radius 2 is 1.95 bits per heavy atom. The summed E-state index contributed by atoms with van der Waals surface area (Å²) in [6.45, 7) is 10.8. The van der Waals surface area contributed by atoms with E-state index in [1.165, 1.54) is 11.3 Å². The van der Waals surface area contributed by atoms with Crippen LogP contribution in [0, 0.1) is 0 Å². The molecule has 0 unspecified atom stereocenters. The van der Waals surface area contributed by atoms with E-state index in [4.69, 9.17) is 4.74 Å². The van der Waals surface area contributed by atoms with E-state index in [0.717, 1.165) is 11.3 Å². The predicted molar refractivity (Wildman–Crippen MR) is 90.7 cm³/mol. The molecule has 0 saturated heterocycles. The van der Waals surface area contributed by atoms with Crippen LogP contribution in [0.5, 0.6) is 0 Å². The zero-order chi connectivity index (χ0) is 16.8. The minimum absolute atomic E-state index is 0.0197. The van der Waals surface area contributed by atoms with E-state index in [1.54, 1.807) is 6.92 Å². The van der Waals surface area contributed by atoms with Gasteiger partial charge in [-0.3, -0.25) is 4.79 Å². The molecule has 5 nitrogen and oxygen atoms in total. The van der Waals surface area contributed by atoms with Crippen molar-refractivity contribution in [2.24, 2.45) is 0 Å². The van der Waals surface area contributed by atoms with Crippen molar-refractivity contribution in [2.45, 2.75) is 53.0 Å². The molecular weight excluding hydrogens is 300 g/mol. The van der Waals surface area contributed by atoms with Crippen LogP contribution < -0.4 is 10.6 Å². The van der Waals surface area contributed by atoms with Crippen LogP contribution in [0.25, 0.3) is 0 Å². The van der Waals surface area contributed by atoms with Crippen LogP contribution in [-0.2, 0) is 16.0 Å². The summed E-state index contributed by atoms with van der Waals surface area (Å²) in [6, 6.07) is 1.85. The van der Waals surface area contributed by atoms with Gasteiger partial charge in [-0.05, 0) is 40.2 Å². The number of amides is 1. The van der Waals surface area contributed by atoms with Gasteiger partial charge in [-0.25, -0.2) is 4.79 Å². The lowest BCUT2D eigenvalue weighted by Gasteiger charge is -2.20. The summed E-state index contributed by atoms with van der Waals surface area (Å²) >= 11 is 1.37. The maximum Gasteiger partial charge on any atom is 0.350 e. The van der Waals surface area contributed by atoms with Gasteiger partial charge in [0, 0.05) is 23.4 Å². The van der Waals surface area contributed by atoms with E-state index in [-0.39, 0.29) is 17.4 Å². The van der Waals surface area contributed by atoms with E-state index in [9.17, 15) is 9.59 Å². The topological polar surface area (TPSA) is 67.4 Å². The molecule has 124 valence electrons. The summed E-state index contributed by atoms with van der Waals surface area (Å²) in [7, 11) is 0. The normalized spacial score (nSPS) is 11.3. The summed E-state index contributed by atoms with van der Waals surface area (Å²) < 4.78 is 5.04. The molecule has 22 heavy (non-hydrogen) atoms. The first-order valence-corrected chi connectivity index (χ1v) is 8.43. The van der Waals surface area contributed by atoms with Gasteiger partial charge in [0.1, 0.15) is 4.88 Å². The predicted octanol–water partition coefficient (Wildman–Crippen LogP) is 3.20. The molecule has 1 heterocycles. The molecule has 2 N–H and O–H groups in total. The van der Waals surface area contributed by atoms with Gasteiger partial charge in [0.05, 0.1) is 12.3 Å². The second kappa shape index (κ2) is 8.29. The van der Waals surface area contributed by atoms with E-state index < -0.39 is 0 Å².